The molecule has 0 bridgehead atoms. The van der Waals surface area contributed by atoms with Crippen LogP contribution in [-0.4, -0.2) is 38.7 Å². The van der Waals surface area contributed by atoms with Crippen molar-refractivity contribution in [2.75, 3.05) is 11.1 Å². The van der Waals surface area contributed by atoms with Crippen molar-refractivity contribution in [2.24, 2.45) is 0 Å². The molecule has 3 aromatic rings. The van der Waals surface area contributed by atoms with Gasteiger partial charge in [0.25, 0.3) is 0 Å². The van der Waals surface area contributed by atoms with Gasteiger partial charge in [0.2, 0.25) is 17.6 Å². The molecule has 4 rings (SSSR count). The van der Waals surface area contributed by atoms with Crippen molar-refractivity contribution in [3.8, 4) is 22.9 Å². The summed E-state index contributed by atoms with van der Waals surface area (Å²) in [5.41, 5.74) is 5.80. The predicted molar refractivity (Wildman–Crippen MR) is 135 cm³/mol. The summed E-state index contributed by atoms with van der Waals surface area (Å²) < 4.78 is 39.4. The van der Waals surface area contributed by atoms with E-state index in [1.54, 1.807) is 24.4 Å². The zero-order chi connectivity index (χ0) is 26.6. The highest BCUT2D eigenvalue weighted by molar-refractivity contribution is 5.68. The summed E-state index contributed by atoms with van der Waals surface area (Å²) in [5, 5.41) is 6.26. The maximum atomic E-state index is 14.3. The van der Waals surface area contributed by atoms with Gasteiger partial charge in [-0.2, -0.15) is 0 Å². The molecule has 0 unspecified atom stereocenters. The second kappa shape index (κ2) is 10.9. The molecule has 0 aliphatic heterocycles. The molecule has 1 amide bonds. The first kappa shape index (κ1) is 26.1. The predicted octanol–water partition coefficient (Wildman–Crippen LogP) is 5.44. The molecule has 11 heteroatoms. The standard InChI is InChI=1S/C26H30F2N6O3/c1-26(2,3)37-25(35)33-17-8-6-16(7-9-17)32-24-31-12-10-21(34-24)18-5-4-11-30-23(18)36-22-19(27)13-15(29)14-20(22)28/h4-5,10-14,16-17H,6-9,29H2,1-3H3,(H,33,35)(H,31,32,34). The molecule has 0 radical (unpaired) electrons. The van der Waals surface area contributed by atoms with E-state index in [2.05, 4.69) is 25.6 Å². The Balaban J connectivity index is 1.42. The lowest BCUT2D eigenvalue weighted by Gasteiger charge is -2.30. The van der Waals surface area contributed by atoms with Crippen molar-refractivity contribution >= 4 is 17.7 Å². The number of nitrogens with zero attached hydrogens (tertiary/aromatic N) is 3. The Hall–Kier alpha value is -4.02. The van der Waals surface area contributed by atoms with Gasteiger partial charge in [-0.1, -0.05) is 0 Å². The second-order valence-electron chi connectivity index (χ2n) is 9.88. The lowest BCUT2D eigenvalue weighted by Crippen LogP contribution is -2.42. The first-order chi connectivity index (χ1) is 17.6. The van der Waals surface area contributed by atoms with Crippen molar-refractivity contribution in [3.63, 3.8) is 0 Å². The first-order valence-electron chi connectivity index (χ1n) is 12.0. The van der Waals surface area contributed by atoms with Crippen LogP contribution in [0.25, 0.3) is 11.3 Å². The number of benzene rings is 1. The quantitative estimate of drug-likeness (QED) is 0.373. The zero-order valence-corrected chi connectivity index (χ0v) is 20.9. The Morgan fingerprint density at radius 3 is 2.38 bits per heavy atom. The van der Waals surface area contributed by atoms with Gasteiger partial charge in [0.15, 0.2) is 11.6 Å². The Morgan fingerprint density at radius 1 is 1.03 bits per heavy atom. The summed E-state index contributed by atoms with van der Waals surface area (Å²) in [6.07, 6.45) is 5.83. The van der Waals surface area contributed by atoms with Crippen LogP contribution in [0.4, 0.5) is 25.2 Å². The fourth-order valence-corrected chi connectivity index (χ4v) is 4.06. The number of alkyl carbamates (subject to hydrolysis) is 1. The molecule has 9 nitrogen and oxygen atoms in total. The molecule has 4 N–H and O–H groups in total. The summed E-state index contributed by atoms with van der Waals surface area (Å²) in [5.74, 6) is -2.07. The van der Waals surface area contributed by atoms with Crippen LogP contribution < -0.4 is 21.1 Å². The molecular formula is C26H30F2N6O3. The molecule has 0 spiro atoms. The molecular weight excluding hydrogens is 482 g/mol. The van der Waals surface area contributed by atoms with Crippen LogP contribution in [0.15, 0.2) is 42.7 Å². The van der Waals surface area contributed by atoms with E-state index >= 15 is 0 Å². The van der Waals surface area contributed by atoms with Gasteiger partial charge >= 0.3 is 6.09 Å². The SMILES string of the molecule is CC(C)(C)OC(=O)NC1CCC(Nc2nccc(-c3cccnc3Oc3c(F)cc(N)cc3F)n2)CC1. The average Bonchev–Trinajstić information content (AvgIpc) is 2.82. The fraction of sp³-hybridized carbons (Fsp3) is 0.385. The third-order valence-corrected chi connectivity index (χ3v) is 5.70. The van der Waals surface area contributed by atoms with Crippen LogP contribution in [0.2, 0.25) is 0 Å². The number of anilines is 2. The minimum Gasteiger partial charge on any atom is -0.444 e. The van der Waals surface area contributed by atoms with Crippen molar-refractivity contribution in [1.82, 2.24) is 20.3 Å². The van der Waals surface area contributed by atoms with Gasteiger partial charge in [-0.05, 0) is 64.7 Å². The van der Waals surface area contributed by atoms with Crippen molar-refractivity contribution in [3.05, 3.63) is 54.4 Å². The number of nitrogen functional groups attached to an aromatic ring is 1. The fourth-order valence-electron chi connectivity index (χ4n) is 4.06. The smallest absolute Gasteiger partial charge is 0.407 e. The number of hydrogen-bond acceptors (Lipinski definition) is 8. The van der Waals surface area contributed by atoms with E-state index in [1.165, 1.54) is 6.20 Å². The largest absolute Gasteiger partial charge is 0.444 e. The molecule has 1 aliphatic rings. The van der Waals surface area contributed by atoms with Crippen LogP contribution in [0.5, 0.6) is 11.6 Å². The van der Waals surface area contributed by atoms with Gasteiger partial charge in [0, 0.05) is 42.3 Å². The third kappa shape index (κ3) is 7.02. The minimum absolute atomic E-state index is 0.0107. The molecule has 2 aromatic heterocycles. The number of amides is 1. The first-order valence-corrected chi connectivity index (χ1v) is 12.0. The summed E-state index contributed by atoms with van der Waals surface area (Å²) in [6.45, 7) is 5.49. The number of aromatic nitrogens is 3. The van der Waals surface area contributed by atoms with E-state index in [0.29, 0.717) is 17.2 Å². The number of nitrogens with one attached hydrogen (secondary N) is 2. The number of rotatable bonds is 6. The van der Waals surface area contributed by atoms with E-state index in [-0.39, 0.29) is 23.7 Å². The van der Waals surface area contributed by atoms with E-state index < -0.39 is 29.1 Å². The number of ether oxygens (including phenoxy) is 2. The number of pyridine rings is 1. The van der Waals surface area contributed by atoms with E-state index in [0.717, 1.165) is 37.8 Å². The molecule has 2 heterocycles. The van der Waals surface area contributed by atoms with Crippen LogP contribution >= 0.6 is 0 Å². The molecule has 0 atom stereocenters. The summed E-state index contributed by atoms with van der Waals surface area (Å²) >= 11 is 0. The highest BCUT2D eigenvalue weighted by atomic mass is 19.1. The van der Waals surface area contributed by atoms with Gasteiger partial charge in [-0.25, -0.2) is 28.5 Å². The van der Waals surface area contributed by atoms with Crippen LogP contribution in [0.1, 0.15) is 46.5 Å². The highest BCUT2D eigenvalue weighted by Crippen LogP contribution is 2.34. The molecule has 1 aromatic carbocycles. The lowest BCUT2D eigenvalue weighted by molar-refractivity contribution is 0.0492. The Kier molecular flexibility index (Phi) is 7.70. The lowest BCUT2D eigenvalue weighted by atomic mass is 9.91. The van der Waals surface area contributed by atoms with Crippen LogP contribution in [0, 0.1) is 11.6 Å². The zero-order valence-electron chi connectivity index (χ0n) is 20.9. The number of carbonyl (C=O) groups excluding carboxylic acids is 1. The molecule has 1 aliphatic carbocycles. The summed E-state index contributed by atoms with van der Waals surface area (Å²) in [7, 11) is 0. The molecule has 0 saturated heterocycles. The number of carbonyl (C=O) groups is 1. The van der Waals surface area contributed by atoms with Gasteiger partial charge < -0.3 is 25.8 Å². The maximum absolute atomic E-state index is 14.3. The van der Waals surface area contributed by atoms with Crippen molar-refractivity contribution < 1.29 is 23.0 Å². The number of hydrogen-bond donors (Lipinski definition) is 3. The van der Waals surface area contributed by atoms with Gasteiger partial charge in [-0.15, -0.1) is 0 Å². The van der Waals surface area contributed by atoms with Crippen molar-refractivity contribution in [2.45, 2.75) is 64.1 Å². The summed E-state index contributed by atoms with van der Waals surface area (Å²) in [6, 6.07) is 7.14. The minimum atomic E-state index is -0.934. The highest BCUT2D eigenvalue weighted by Gasteiger charge is 2.25. The van der Waals surface area contributed by atoms with E-state index in [9.17, 15) is 13.6 Å². The monoisotopic (exact) mass is 512 g/mol. The number of nitrogens with two attached hydrogens (primary N) is 1. The van der Waals surface area contributed by atoms with E-state index in [4.69, 9.17) is 15.2 Å². The third-order valence-electron chi connectivity index (χ3n) is 5.70. The van der Waals surface area contributed by atoms with E-state index in [1.807, 2.05) is 20.8 Å². The van der Waals surface area contributed by atoms with Gasteiger partial charge in [0.1, 0.15) is 5.60 Å². The topological polar surface area (TPSA) is 124 Å². The normalized spacial score (nSPS) is 17.6. The average molecular weight is 513 g/mol. The van der Waals surface area contributed by atoms with Crippen molar-refractivity contribution in [1.29, 1.82) is 0 Å². The second-order valence-corrected chi connectivity index (χ2v) is 9.88. The Morgan fingerprint density at radius 2 is 1.70 bits per heavy atom. The number of halogens is 2. The Bertz CT molecular complexity index is 1240. The molecule has 1 fully saturated rings. The van der Waals surface area contributed by atoms with Crippen LogP contribution in [0.3, 0.4) is 0 Å². The molecule has 1 saturated carbocycles. The van der Waals surface area contributed by atoms with Crippen LogP contribution in [-0.2, 0) is 4.74 Å². The molecule has 196 valence electrons. The summed E-state index contributed by atoms with van der Waals surface area (Å²) in [4.78, 5) is 25.1. The van der Waals surface area contributed by atoms with Gasteiger partial charge in [-0.3, -0.25) is 0 Å². The molecule has 37 heavy (non-hydrogen) atoms. The van der Waals surface area contributed by atoms with Gasteiger partial charge in [0.05, 0.1) is 11.3 Å². The Labute approximate surface area is 213 Å². The maximum Gasteiger partial charge on any atom is 0.407 e.